The molecule has 1 aromatic rings. The lowest BCUT2D eigenvalue weighted by Crippen LogP contribution is -1.93. The molecule has 0 radical (unpaired) electrons. The average molecular weight is 172 g/mol. The third-order valence-corrected chi connectivity index (χ3v) is 2.07. The zero-order valence-corrected chi connectivity index (χ0v) is 7.58. The van der Waals surface area contributed by atoms with Crippen LogP contribution in [-0.4, -0.2) is 9.97 Å². The van der Waals surface area contributed by atoms with Crippen LogP contribution in [0.4, 0.5) is 0 Å². The van der Waals surface area contributed by atoms with E-state index in [1.807, 2.05) is 13.8 Å². The van der Waals surface area contributed by atoms with Crippen molar-refractivity contribution in [2.75, 3.05) is 0 Å². The molecule has 0 spiro atoms. The van der Waals surface area contributed by atoms with Gasteiger partial charge in [-0.15, -0.1) is 25.3 Å². The van der Waals surface area contributed by atoms with E-state index >= 15 is 0 Å². The van der Waals surface area contributed by atoms with Crippen LogP contribution in [0, 0.1) is 13.8 Å². The molecule has 10 heavy (non-hydrogen) atoms. The average Bonchev–Trinajstić information content (AvgIpc) is 1.84. The Bertz CT molecular complexity index is 210. The molecule has 2 nitrogen and oxygen atoms in total. The molecule has 1 aromatic heterocycles. The van der Waals surface area contributed by atoms with E-state index in [2.05, 4.69) is 35.2 Å². The SMILES string of the molecule is Cc1nc(S)c(S)nc1C. The molecule has 0 unspecified atom stereocenters. The van der Waals surface area contributed by atoms with Crippen molar-refractivity contribution in [1.29, 1.82) is 0 Å². The fourth-order valence-electron chi connectivity index (χ4n) is 0.580. The fraction of sp³-hybridized carbons (Fsp3) is 0.333. The van der Waals surface area contributed by atoms with Crippen LogP contribution in [0.25, 0.3) is 0 Å². The van der Waals surface area contributed by atoms with Crippen molar-refractivity contribution in [3.63, 3.8) is 0 Å². The zero-order valence-electron chi connectivity index (χ0n) is 5.79. The van der Waals surface area contributed by atoms with Crippen molar-refractivity contribution in [1.82, 2.24) is 9.97 Å². The van der Waals surface area contributed by atoms with Crippen LogP contribution in [-0.2, 0) is 0 Å². The molecule has 0 saturated heterocycles. The Labute approximate surface area is 70.9 Å². The summed E-state index contributed by atoms with van der Waals surface area (Å²) in [4.78, 5) is 8.20. The number of aryl methyl sites for hydroxylation is 2. The summed E-state index contributed by atoms with van der Waals surface area (Å²) in [6.07, 6.45) is 0. The smallest absolute Gasteiger partial charge is 0.125 e. The molecule has 0 bridgehead atoms. The van der Waals surface area contributed by atoms with E-state index in [-0.39, 0.29) is 0 Å². The second-order valence-corrected chi connectivity index (χ2v) is 2.89. The largest absolute Gasteiger partial charge is 0.242 e. The molecule has 0 aliphatic heterocycles. The second-order valence-electron chi connectivity index (χ2n) is 2.04. The maximum atomic E-state index is 4.10. The number of rotatable bonds is 0. The molecule has 0 amide bonds. The molecule has 0 aliphatic rings. The first-order valence-corrected chi connectivity index (χ1v) is 3.74. The summed E-state index contributed by atoms with van der Waals surface area (Å²) in [6, 6.07) is 0. The van der Waals surface area contributed by atoms with Crippen LogP contribution in [0.5, 0.6) is 0 Å². The van der Waals surface area contributed by atoms with Gasteiger partial charge in [0.25, 0.3) is 0 Å². The standard InChI is InChI=1S/C6H8N2S2/c1-3-4(2)8-6(10)5(9)7-3/h1-2H3,(H,7,9)(H,8,10). The lowest BCUT2D eigenvalue weighted by Gasteiger charge is -2.00. The molecule has 1 heterocycles. The minimum atomic E-state index is 0.589. The molecule has 54 valence electrons. The second kappa shape index (κ2) is 2.80. The molecule has 0 aromatic carbocycles. The van der Waals surface area contributed by atoms with E-state index in [1.54, 1.807) is 0 Å². The Hall–Kier alpha value is -0.220. The number of hydrogen-bond acceptors (Lipinski definition) is 4. The van der Waals surface area contributed by atoms with Crippen molar-refractivity contribution in [2.45, 2.75) is 23.9 Å². The van der Waals surface area contributed by atoms with Gasteiger partial charge in [0.15, 0.2) is 0 Å². The van der Waals surface area contributed by atoms with E-state index in [0.29, 0.717) is 10.1 Å². The van der Waals surface area contributed by atoms with Crippen LogP contribution in [0.1, 0.15) is 11.4 Å². The third-order valence-electron chi connectivity index (χ3n) is 1.27. The molecule has 0 fully saturated rings. The van der Waals surface area contributed by atoms with Gasteiger partial charge in [-0.05, 0) is 13.8 Å². The van der Waals surface area contributed by atoms with Crippen LogP contribution < -0.4 is 0 Å². The third kappa shape index (κ3) is 1.44. The monoisotopic (exact) mass is 172 g/mol. The molecular weight excluding hydrogens is 164 g/mol. The quantitative estimate of drug-likeness (QED) is 0.582. The Balaban J connectivity index is 3.28. The summed E-state index contributed by atoms with van der Waals surface area (Å²) in [5.74, 6) is 0. The van der Waals surface area contributed by atoms with Gasteiger partial charge in [-0.3, -0.25) is 0 Å². The molecule has 0 saturated carbocycles. The van der Waals surface area contributed by atoms with Crippen LogP contribution in [0.15, 0.2) is 10.1 Å². The Kier molecular flexibility index (Phi) is 2.21. The molecule has 0 aliphatic carbocycles. The van der Waals surface area contributed by atoms with Crippen molar-refractivity contribution in [3.8, 4) is 0 Å². The predicted molar refractivity (Wildman–Crippen MR) is 46.0 cm³/mol. The summed E-state index contributed by atoms with van der Waals surface area (Å²) >= 11 is 8.13. The van der Waals surface area contributed by atoms with Gasteiger partial charge in [0, 0.05) is 0 Å². The maximum absolute atomic E-state index is 4.10. The first-order valence-electron chi connectivity index (χ1n) is 2.84. The normalized spacial score (nSPS) is 10.0. The highest BCUT2D eigenvalue weighted by Crippen LogP contribution is 2.14. The molecule has 0 N–H and O–H groups in total. The molecule has 0 atom stereocenters. The van der Waals surface area contributed by atoms with E-state index in [1.165, 1.54) is 0 Å². The highest BCUT2D eigenvalue weighted by Gasteiger charge is 2.00. The minimum Gasteiger partial charge on any atom is -0.242 e. The van der Waals surface area contributed by atoms with Gasteiger partial charge in [0.2, 0.25) is 0 Å². The molecular formula is C6H8N2S2. The van der Waals surface area contributed by atoms with Crippen molar-refractivity contribution in [3.05, 3.63) is 11.4 Å². The number of nitrogens with zero attached hydrogens (tertiary/aromatic N) is 2. The Morgan fingerprint density at radius 1 is 0.900 bits per heavy atom. The number of hydrogen-bond donors (Lipinski definition) is 2. The van der Waals surface area contributed by atoms with Crippen molar-refractivity contribution in [2.24, 2.45) is 0 Å². The van der Waals surface area contributed by atoms with Gasteiger partial charge in [-0.2, -0.15) is 0 Å². The summed E-state index contributed by atoms with van der Waals surface area (Å²) < 4.78 is 0. The number of thiol groups is 2. The fourth-order valence-corrected chi connectivity index (χ4v) is 0.980. The van der Waals surface area contributed by atoms with Crippen molar-refractivity contribution >= 4 is 25.3 Å². The first-order chi connectivity index (χ1) is 4.61. The highest BCUT2D eigenvalue weighted by atomic mass is 32.1. The van der Waals surface area contributed by atoms with E-state index in [0.717, 1.165) is 11.4 Å². The first kappa shape index (κ1) is 7.88. The van der Waals surface area contributed by atoms with Gasteiger partial charge in [0.1, 0.15) is 10.1 Å². The minimum absolute atomic E-state index is 0.589. The Morgan fingerprint density at radius 3 is 1.50 bits per heavy atom. The highest BCUT2D eigenvalue weighted by molar-refractivity contribution is 7.83. The van der Waals surface area contributed by atoms with Crippen LogP contribution in [0.2, 0.25) is 0 Å². The van der Waals surface area contributed by atoms with Gasteiger partial charge in [0.05, 0.1) is 11.4 Å². The summed E-state index contributed by atoms with van der Waals surface area (Å²) in [7, 11) is 0. The van der Waals surface area contributed by atoms with Gasteiger partial charge in [-0.25, -0.2) is 9.97 Å². The van der Waals surface area contributed by atoms with Crippen molar-refractivity contribution < 1.29 is 0 Å². The summed E-state index contributed by atoms with van der Waals surface area (Å²) in [5, 5.41) is 1.18. The lowest BCUT2D eigenvalue weighted by atomic mass is 10.4. The van der Waals surface area contributed by atoms with E-state index < -0.39 is 0 Å². The topological polar surface area (TPSA) is 25.8 Å². The van der Waals surface area contributed by atoms with Crippen LogP contribution in [0.3, 0.4) is 0 Å². The lowest BCUT2D eigenvalue weighted by molar-refractivity contribution is 0.863. The van der Waals surface area contributed by atoms with E-state index in [4.69, 9.17) is 0 Å². The van der Waals surface area contributed by atoms with Crippen LogP contribution >= 0.6 is 25.3 Å². The summed E-state index contributed by atoms with van der Waals surface area (Å²) in [5.41, 5.74) is 1.81. The van der Waals surface area contributed by atoms with Gasteiger partial charge >= 0.3 is 0 Å². The Morgan fingerprint density at radius 2 is 1.20 bits per heavy atom. The predicted octanol–water partition coefficient (Wildman–Crippen LogP) is 1.67. The molecule has 4 heteroatoms. The molecule has 1 rings (SSSR count). The zero-order chi connectivity index (χ0) is 7.72. The maximum Gasteiger partial charge on any atom is 0.125 e. The summed E-state index contributed by atoms with van der Waals surface area (Å²) in [6.45, 7) is 3.80. The van der Waals surface area contributed by atoms with Gasteiger partial charge in [-0.1, -0.05) is 0 Å². The van der Waals surface area contributed by atoms with E-state index in [9.17, 15) is 0 Å². The van der Waals surface area contributed by atoms with Gasteiger partial charge < -0.3 is 0 Å². The number of aromatic nitrogens is 2.